The highest BCUT2D eigenvalue weighted by molar-refractivity contribution is 5.88. The number of aromatic carboxylic acids is 1. The van der Waals surface area contributed by atoms with Crippen molar-refractivity contribution in [2.24, 2.45) is 0 Å². The van der Waals surface area contributed by atoms with Crippen molar-refractivity contribution in [2.75, 3.05) is 0 Å². The molecule has 1 N–H and O–H groups in total. The number of carboxylic acid groups (broad SMARTS) is 1. The molecule has 1 aromatic heterocycles. The molecular formula is C12H18N2O2. The Morgan fingerprint density at radius 1 is 1.31 bits per heavy atom. The van der Waals surface area contributed by atoms with Crippen LogP contribution in [0.5, 0.6) is 0 Å². The van der Waals surface area contributed by atoms with Gasteiger partial charge in [-0.15, -0.1) is 0 Å². The number of nitrogens with zero attached hydrogens (tertiary/aromatic N) is 2. The van der Waals surface area contributed by atoms with Crippen molar-refractivity contribution in [3.63, 3.8) is 0 Å². The zero-order valence-electron chi connectivity index (χ0n) is 10.1. The van der Waals surface area contributed by atoms with E-state index in [1.54, 1.807) is 4.68 Å². The molecular weight excluding hydrogens is 204 g/mol. The first-order valence-electron chi connectivity index (χ1n) is 5.76. The number of rotatable bonds is 1. The Kier molecular flexibility index (Phi) is 2.52. The van der Waals surface area contributed by atoms with Crippen molar-refractivity contribution in [3.05, 3.63) is 17.0 Å². The maximum atomic E-state index is 11.3. The van der Waals surface area contributed by atoms with E-state index >= 15 is 0 Å². The lowest BCUT2D eigenvalue weighted by Crippen LogP contribution is -2.27. The highest BCUT2D eigenvalue weighted by Gasteiger charge is 2.29. The van der Waals surface area contributed by atoms with Crippen molar-refractivity contribution in [1.82, 2.24) is 9.78 Å². The van der Waals surface area contributed by atoms with Crippen molar-refractivity contribution in [3.8, 4) is 0 Å². The fourth-order valence-electron chi connectivity index (χ4n) is 2.26. The predicted octanol–water partition coefficient (Wildman–Crippen LogP) is 2.22. The van der Waals surface area contributed by atoms with Crippen LogP contribution < -0.4 is 0 Å². The van der Waals surface area contributed by atoms with Crippen LogP contribution in [0.1, 0.15) is 55.4 Å². The number of carbonyl (C=O) groups is 1. The van der Waals surface area contributed by atoms with E-state index in [9.17, 15) is 9.90 Å². The quantitative estimate of drug-likeness (QED) is 0.792. The molecule has 0 bridgehead atoms. The SMILES string of the molecule is CC(C)(C)n1nc2c(c1C(=O)O)CCCC2. The molecule has 0 saturated carbocycles. The van der Waals surface area contributed by atoms with Crippen LogP contribution in [-0.4, -0.2) is 20.9 Å². The average Bonchev–Trinajstić information content (AvgIpc) is 2.55. The average molecular weight is 222 g/mol. The van der Waals surface area contributed by atoms with E-state index in [-0.39, 0.29) is 5.54 Å². The highest BCUT2D eigenvalue weighted by Crippen LogP contribution is 2.27. The molecule has 1 aliphatic carbocycles. The summed E-state index contributed by atoms with van der Waals surface area (Å²) in [6.45, 7) is 5.95. The smallest absolute Gasteiger partial charge is 0.354 e. The van der Waals surface area contributed by atoms with Crippen LogP contribution in [0.2, 0.25) is 0 Å². The standard InChI is InChI=1S/C12H18N2O2/c1-12(2,3)14-10(11(15)16)8-6-4-5-7-9(8)13-14/h4-7H2,1-3H3,(H,15,16). The highest BCUT2D eigenvalue weighted by atomic mass is 16.4. The Balaban J connectivity index is 2.61. The number of hydrogen-bond acceptors (Lipinski definition) is 2. The summed E-state index contributed by atoms with van der Waals surface area (Å²) >= 11 is 0. The second kappa shape index (κ2) is 3.61. The largest absolute Gasteiger partial charge is 0.477 e. The third-order valence-electron chi connectivity index (χ3n) is 3.00. The monoisotopic (exact) mass is 222 g/mol. The molecule has 4 nitrogen and oxygen atoms in total. The molecule has 0 spiro atoms. The topological polar surface area (TPSA) is 55.1 Å². The van der Waals surface area contributed by atoms with Crippen molar-refractivity contribution in [2.45, 2.75) is 52.0 Å². The zero-order valence-corrected chi connectivity index (χ0v) is 10.1. The number of hydrogen-bond donors (Lipinski definition) is 1. The summed E-state index contributed by atoms with van der Waals surface area (Å²) in [5, 5.41) is 13.8. The van der Waals surface area contributed by atoms with Gasteiger partial charge in [-0.25, -0.2) is 4.79 Å². The first-order valence-corrected chi connectivity index (χ1v) is 5.76. The van der Waals surface area contributed by atoms with Crippen LogP contribution in [-0.2, 0) is 18.4 Å². The lowest BCUT2D eigenvalue weighted by molar-refractivity contribution is 0.0673. The minimum Gasteiger partial charge on any atom is -0.477 e. The van der Waals surface area contributed by atoms with Gasteiger partial charge in [-0.3, -0.25) is 4.68 Å². The summed E-state index contributed by atoms with van der Waals surface area (Å²) in [7, 11) is 0. The molecule has 0 unspecified atom stereocenters. The van der Waals surface area contributed by atoms with Gasteiger partial charge in [0.25, 0.3) is 0 Å². The first-order chi connectivity index (χ1) is 7.41. The van der Waals surface area contributed by atoms with Gasteiger partial charge >= 0.3 is 5.97 Å². The second-order valence-corrected chi connectivity index (χ2v) is 5.37. The van der Waals surface area contributed by atoms with Gasteiger partial charge in [0.15, 0.2) is 0 Å². The summed E-state index contributed by atoms with van der Waals surface area (Å²) in [6.07, 6.45) is 3.96. The van der Waals surface area contributed by atoms with Gasteiger partial charge in [0, 0.05) is 5.56 Å². The van der Waals surface area contributed by atoms with Gasteiger partial charge in [-0.2, -0.15) is 5.10 Å². The van der Waals surface area contributed by atoms with Crippen LogP contribution in [0.3, 0.4) is 0 Å². The number of fused-ring (bicyclic) bond motifs is 1. The molecule has 0 amide bonds. The molecule has 0 fully saturated rings. The number of carboxylic acids is 1. The molecule has 2 rings (SSSR count). The molecule has 0 aromatic carbocycles. The molecule has 0 aliphatic heterocycles. The Hall–Kier alpha value is -1.32. The predicted molar refractivity (Wildman–Crippen MR) is 60.8 cm³/mol. The fourth-order valence-corrected chi connectivity index (χ4v) is 2.26. The molecule has 1 heterocycles. The van der Waals surface area contributed by atoms with E-state index < -0.39 is 5.97 Å². The van der Waals surface area contributed by atoms with Gasteiger partial charge in [-0.1, -0.05) is 0 Å². The first kappa shape index (κ1) is 11.2. The van der Waals surface area contributed by atoms with Crippen LogP contribution in [0.25, 0.3) is 0 Å². The lowest BCUT2D eigenvalue weighted by Gasteiger charge is -2.21. The van der Waals surface area contributed by atoms with E-state index in [1.165, 1.54) is 0 Å². The molecule has 1 aliphatic rings. The van der Waals surface area contributed by atoms with Crippen LogP contribution in [0.4, 0.5) is 0 Å². The molecule has 0 saturated heterocycles. The maximum Gasteiger partial charge on any atom is 0.354 e. The van der Waals surface area contributed by atoms with Crippen molar-refractivity contribution in [1.29, 1.82) is 0 Å². The summed E-state index contributed by atoms with van der Waals surface area (Å²) < 4.78 is 1.67. The van der Waals surface area contributed by atoms with Gasteiger partial charge in [-0.05, 0) is 46.5 Å². The summed E-state index contributed by atoms with van der Waals surface area (Å²) in [4.78, 5) is 11.3. The van der Waals surface area contributed by atoms with E-state index in [0.717, 1.165) is 36.9 Å². The second-order valence-electron chi connectivity index (χ2n) is 5.37. The third-order valence-corrected chi connectivity index (χ3v) is 3.00. The van der Waals surface area contributed by atoms with Gasteiger partial charge in [0.2, 0.25) is 0 Å². The zero-order chi connectivity index (χ0) is 11.9. The minimum atomic E-state index is -0.856. The summed E-state index contributed by atoms with van der Waals surface area (Å²) in [5.74, 6) is -0.856. The van der Waals surface area contributed by atoms with Gasteiger partial charge in [0.05, 0.1) is 11.2 Å². The Labute approximate surface area is 95.3 Å². The van der Waals surface area contributed by atoms with Crippen LogP contribution in [0.15, 0.2) is 0 Å². The van der Waals surface area contributed by atoms with Crippen LogP contribution in [0, 0.1) is 0 Å². The van der Waals surface area contributed by atoms with E-state index in [4.69, 9.17) is 0 Å². The minimum absolute atomic E-state index is 0.273. The van der Waals surface area contributed by atoms with Crippen LogP contribution >= 0.6 is 0 Å². The summed E-state index contributed by atoms with van der Waals surface area (Å²) in [5.41, 5.74) is 2.06. The fraction of sp³-hybridized carbons (Fsp3) is 0.667. The Morgan fingerprint density at radius 2 is 1.94 bits per heavy atom. The molecule has 0 atom stereocenters. The van der Waals surface area contributed by atoms with Crippen molar-refractivity contribution < 1.29 is 9.90 Å². The molecule has 88 valence electrons. The third kappa shape index (κ3) is 1.72. The Bertz CT molecular complexity index is 427. The normalized spacial score (nSPS) is 15.9. The van der Waals surface area contributed by atoms with Gasteiger partial charge in [0.1, 0.15) is 5.69 Å². The number of aromatic nitrogens is 2. The van der Waals surface area contributed by atoms with E-state index in [0.29, 0.717) is 5.69 Å². The summed E-state index contributed by atoms with van der Waals surface area (Å²) in [6, 6.07) is 0. The van der Waals surface area contributed by atoms with E-state index in [1.807, 2.05) is 20.8 Å². The van der Waals surface area contributed by atoms with Gasteiger partial charge < -0.3 is 5.11 Å². The molecule has 4 heteroatoms. The lowest BCUT2D eigenvalue weighted by atomic mass is 9.95. The molecule has 0 radical (unpaired) electrons. The van der Waals surface area contributed by atoms with E-state index in [2.05, 4.69) is 5.10 Å². The maximum absolute atomic E-state index is 11.3. The molecule has 16 heavy (non-hydrogen) atoms. The number of aryl methyl sites for hydroxylation is 1. The Morgan fingerprint density at radius 3 is 2.50 bits per heavy atom. The van der Waals surface area contributed by atoms with Crippen molar-refractivity contribution >= 4 is 5.97 Å². The molecule has 1 aromatic rings.